The molecule has 0 unspecified atom stereocenters. The first-order valence-corrected chi connectivity index (χ1v) is 7.29. The summed E-state index contributed by atoms with van der Waals surface area (Å²) in [5, 5.41) is -0.500. The molecule has 0 saturated carbocycles. The third kappa shape index (κ3) is 3.22. The molecule has 0 aromatic heterocycles. The van der Waals surface area contributed by atoms with Crippen LogP contribution in [0.25, 0.3) is 0 Å². The molecule has 0 saturated heterocycles. The Morgan fingerprint density at radius 2 is 1.71 bits per heavy atom. The fourth-order valence-electron chi connectivity index (χ4n) is 1.55. The van der Waals surface area contributed by atoms with Gasteiger partial charge in [0.15, 0.2) is 5.82 Å². The number of halogens is 4. The zero-order chi connectivity index (χ0) is 15.8. The molecule has 0 bridgehead atoms. The SMILES string of the molecule is Nc1ccc(F)c(S(=O)(=O)Nc2c(F)cc(F)cc2Cl)c1. The minimum Gasteiger partial charge on any atom is -0.399 e. The second-order valence-corrected chi connectivity index (χ2v) is 6.10. The second kappa shape index (κ2) is 5.45. The maximum absolute atomic E-state index is 13.6. The number of nitrogens with two attached hydrogens (primary N) is 1. The lowest BCUT2D eigenvalue weighted by molar-refractivity contribution is 0.568. The fraction of sp³-hybridized carbons (Fsp3) is 0. The van der Waals surface area contributed by atoms with Gasteiger partial charge in [-0.25, -0.2) is 21.6 Å². The molecular formula is C12H8ClF3N2O2S. The second-order valence-electron chi connectivity index (χ2n) is 4.04. The predicted molar refractivity (Wildman–Crippen MR) is 73.0 cm³/mol. The van der Waals surface area contributed by atoms with Crippen LogP contribution in [0.3, 0.4) is 0 Å². The third-order valence-electron chi connectivity index (χ3n) is 2.49. The monoisotopic (exact) mass is 336 g/mol. The van der Waals surface area contributed by atoms with Gasteiger partial charge in [0.1, 0.15) is 22.2 Å². The number of nitrogens with one attached hydrogen (secondary N) is 1. The van der Waals surface area contributed by atoms with Crippen molar-refractivity contribution < 1.29 is 21.6 Å². The van der Waals surface area contributed by atoms with Crippen LogP contribution in [0.2, 0.25) is 5.02 Å². The summed E-state index contributed by atoms with van der Waals surface area (Å²) >= 11 is 5.57. The lowest BCUT2D eigenvalue weighted by atomic mass is 10.3. The minimum atomic E-state index is -4.48. The average Bonchev–Trinajstić information content (AvgIpc) is 2.36. The van der Waals surface area contributed by atoms with Crippen LogP contribution in [0, 0.1) is 17.5 Å². The van der Waals surface area contributed by atoms with E-state index in [0.29, 0.717) is 6.07 Å². The third-order valence-corrected chi connectivity index (χ3v) is 4.15. The van der Waals surface area contributed by atoms with E-state index in [2.05, 4.69) is 0 Å². The van der Waals surface area contributed by atoms with Gasteiger partial charge in [-0.1, -0.05) is 11.6 Å². The molecule has 4 nitrogen and oxygen atoms in total. The van der Waals surface area contributed by atoms with Gasteiger partial charge in [0.25, 0.3) is 10.0 Å². The van der Waals surface area contributed by atoms with Crippen molar-refractivity contribution in [2.75, 3.05) is 10.5 Å². The first-order chi connectivity index (χ1) is 9.70. The van der Waals surface area contributed by atoms with E-state index in [1.807, 2.05) is 0 Å². The van der Waals surface area contributed by atoms with Crippen molar-refractivity contribution in [3.8, 4) is 0 Å². The highest BCUT2D eigenvalue weighted by Crippen LogP contribution is 2.29. The zero-order valence-corrected chi connectivity index (χ0v) is 11.8. The van der Waals surface area contributed by atoms with E-state index in [9.17, 15) is 21.6 Å². The highest BCUT2D eigenvalue weighted by atomic mass is 35.5. The van der Waals surface area contributed by atoms with Gasteiger partial charge in [-0.15, -0.1) is 0 Å². The summed E-state index contributed by atoms with van der Waals surface area (Å²) in [6, 6.07) is 4.05. The van der Waals surface area contributed by atoms with E-state index in [1.54, 1.807) is 4.72 Å². The van der Waals surface area contributed by atoms with E-state index < -0.39 is 43.1 Å². The molecule has 9 heteroatoms. The Morgan fingerprint density at radius 1 is 1.05 bits per heavy atom. The number of hydrogen-bond donors (Lipinski definition) is 2. The van der Waals surface area contributed by atoms with Crippen LogP contribution in [0.15, 0.2) is 35.2 Å². The van der Waals surface area contributed by atoms with E-state index >= 15 is 0 Å². The molecule has 2 aromatic rings. The number of hydrogen-bond acceptors (Lipinski definition) is 3. The molecule has 0 radical (unpaired) electrons. The van der Waals surface area contributed by atoms with E-state index in [-0.39, 0.29) is 5.69 Å². The van der Waals surface area contributed by atoms with E-state index in [1.165, 1.54) is 6.07 Å². The summed E-state index contributed by atoms with van der Waals surface area (Å²) < 4.78 is 65.9. The van der Waals surface area contributed by atoms with Crippen LogP contribution < -0.4 is 10.5 Å². The Bertz CT molecular complexity index is 789. The molecule has 0 aliphatic heterocycles. The highest BCUT2D eigenvalue weighted by Gasteiger charge is 2.23. The standard InChI is InChI=1S/C12H8ClF3N2O2S/c13-8-3-6(14)4-10(16)12(8)18-21(19,20)11-5-7(17)1-2-9(11)15/h1-5,18H,17H2. The molecule has 0 amide bonds. The maximum atomic E-state index is 13.6. The number of anilines is 2. The molecule has 0 aliphatic carbocycles. The van der Waals surface area contributed by atoms with Crippen molar-refractivity contribution in [3.05, 3.63) is 52.8 Å². The summed E-state index contributed by atoms with van der Waals surface area (Å²) in [6.45, 7) is 0. The summed E-state index contributed by atoms with van der Waals surface area (Å²) in [5.74, 6) is -3.28. The van der Waals surface area contributed by atoms with Crippen molar-refractivity contribution in [2.24, 2.45) is 0 Å². The Morgan fingerprint density at radius 3 is 2.33 bits per heavy atom. The zero-order valence-electron chi connectivity index (χ0n) is 10.2. The van der Waals surface area contributed by atoms with Crippen molar-refractivity contribution in [1.29, 1.82) is 0 Å². The summed E-state index contributed by atoms with van der Waals surface area (Å²) in [5.41, 5.74) is 4.71. The highest BCUT2D eigenvalue weighted by molar-refractivity contribution is 7.92. The van der Waals surface area contributed by atoms with Gasteiger partial charge in [-0.3, -0.25) is 4.72 Å². The number of benzene rings is 2. The first kappa shape index (κ1) is 15.5. The van der Waals surface area contributed by atoms with Gasteiger partial charge in [-0.2, -0.15) is 0 Å². The van der Waals surface area contributed by atoms with Crippen LogP contribution >= 0.6 is 11.6 Å². The average molecular weight is 337 g/mol. The van der Waals surface area contributed by atoms with Crippen LogP contribution in [0.4, 0.5) is 24.5 Å². The molecule has 3 N–H and O–H groups in total. The van der Waals surface area contributed by atoms with Crippen molar-refractivity contribution in [3.63, 3.8) is 0 Å². The smallest absolute Gasteiger partial charge is 0.265 e. The van der Waals surface area contributed by atoms with Gasteiger partial charge in [0.2, 0.25) is 0 Å². The number of sulfonamides is 1. The van der Waals surface area contributed by atoms with Gasteiger partial charge < -0.3 is 5.73 Å². The normalized spacial score (nSPS) is 11.4. The van der Waals surface area contributed by atoms with Gasteiger partial charge in [0.05, 0.1) is 5.02 Å². The van der Waals surface area contributed by atoms with Crippen LogP contribution in [0.1, 0.15) is 0 Å². The number of nitrogen functional groups attached to an aromatic ring is 1. The fourth-order valence-corrected chi connectivity index (χ4v) is 3.05. The maximum Gasteiger partial charge on any atom is 0.265 e. The molecule has 2 rings (SSSR count). The minimum absolute atomic E-state index is 0.00227. The van der Waals surface area contributed by atoms with Crippen molar-refractivity contribution >= 4 is 33.0 Å². The molecule has 21 heavy (non-hydrogen) atoms. The Hall–Kier alpha value is -1.93. The van der Waals surface area contributed by atoms with E-state index in [0.717, 1.165) is 18.2 Å². The summed E-state index contributed by atoms with van der Waals surface area (Å²) in [7, 11) is -4.48. The van der Waals surface area contributed by atoms with Gasteiger partial charge in [-0.05, 0) is 24.3 Å². The largest absolute Gasteiger partial charge is 0.399 e. The Kier molecular flexibility index (Phi) is 4.02. The summed E-state index contributed by atoms with van der Waals surface area (Å²) in [4.78, 5) is -0.776. The lowest BCUT2D eigenvalue weighted by Gasteiger charge is -2.11. The Balaban J connectivity index is 2.50. The van der Waals surface area contributed by atoms with Crippen LogP contribution in [-0.2, 0) is 10.0 Å². The molecule has 0 fully saturated rings. The first-order valence-electron chi connectivity index (χ1n) is 5.43. The molecule has 0 spiro atoms. The summed E-state index contributed by atoms with van der Waals surface area (Å²) in [6.07, 6.45) is 0. The van der Waals surface area contributed by atoms with Crippen LogP contribution in [0.5, 0.6) is 0 Å². The van der Waals surface area contributed by atoms with Crippen molar-refractivity contribution in [1.82, 2.24) is 0 Å². The van der Waals surface area contributed by atoms with Crippen LogP contribution in [-0.4, -0.2) is 8.42 Å². The Labute approximate surface area is 123 Å². The molecule has 0 atom stereocenters. The molecule has 0 heterocycles. The lowest BCUT2D eigenvalue weighted by Crippen LogP contribution is -2.16. The molecular weight excluding hydrogens is 329 g/mol. The quantitative estimate of drug-likeness (QED) is 0.846. The number of rotatable bonds is 3. The van der Waals surface area contributed by atoms with Gasteiger partial charge >= 0.3 is 0 Å². The molecule has 0 aliphatic rings. The topological polar surface area (TPSA) is 72.2 Å². The molecule has 2 aromatic carbocycles. The predicted octanol–water partition coefficient (Wildman–Crippen LogP) is 3.14. The molecule has 112 valence electrons. The van der Waals surface area contributed by atoms with Crippen molar-refractivity contribution in [2.45, 2.75) is 4.90 Å². The van der Waals surface area contributed by atoms with Gasteiger partial charge in [0, 0.05) is 11.8 Å². The van der Waals surface area contributed by atoms with E-state index in [4.69, 9.17) is 17.3 Å².